The number of hydrogen-bond acceptors (Lipinski definition) is 4. The van der Waals surface area contributed by atoms with Crippen molar-refractivity contribution in [2.45, 2.75) is 32.6 Å². The fourth-order valence-corrected chi connectivity index (χ4v) is 4.57. The number of benzene rings is 3. The summed E-state index contributed by atoms with van der Waals surface area (Å²) in [6.45, 7) is 7.38. The zero-order valence-electron chi connectivity index (χ0n) is 19.9. The standard InChI is InChI=1S/C29H31ClN4/c1-3-33(21-7-19-31)25-15-11-23(12-16-25)29(27-9-5-6-10-28(27)30)24-13-17-26(18-14-24)34(4-2)22-8-20-32/h5-6,9-18,29H,3-4,7-8,21-22H2,1-2H3. The van der Waals surface area contributed by atoms with Gasteiger partial charge in [0.2, 0.25) is 0 Å². The van der Waals surface area contributed by atoms with E-state index in [4.69, 9.17) is 22.1 Å². The van der Waals surface area contributed by atoms with Crippen molar-refractivity contribution in [3.8, 4) is 12.1 Å². The smallest absolute Gasteiger partial charge is 0.0640 e. The minimum Gasteiger partial charge on any atom is -0.371 e. The third-order valence-corrected chi connectivity index (χ3v) is 6.49. The third kappa shape index (κ3) is 6.10. The molecule has 0 amide bonds. The van der Waals surface area contributed by atoms with Gasteiger partial charge >= 0.3 is 0 Å². The van der Waals surface area contributed by atoms with Gasteiger partial charge in [0.1, 0.15) is 0 Å². The van der Waals surface area contributed by atoms with Crippen LogP contribution in [-0.4, -0.2) is 26.2 Å². The van der Waals surface area contributed by atoms with Crippen LogP contribution in [-0.2, 0) is 0 Å². The zero-order valence-corrected chi connectivity index (χ0v) is 20.7. The molecule has 0 aliphatic rings. The van der Waals surface area contributed by atoms with Gasteiger partial charge in [-0.1, -0.05) is 54.1 Å². The second-order valence-corrected chi connectivity index (χ2v) is 8.52. The van der Waals surface area contributed by atoms with Crippen LogP contribution in [0.2, 0.25) is 5.02 Å². The first-order valence-corrected chi connectivity index (χ1v) is 12.2. The largest absolute Gasteiger partial charge is 0.371 e. The van der Waals surface area contributed by atoms with Gasteiger partial charge in [-0.05, 0) is 60.9 Å². The lowest BCUT2D eigenvalue weighted by atomic mass is 9.85. The highest BCUT2D eigenvalue weighted by molar-refractivity contribution is 6.31. The van der Waals surface area contributed by atoms with E-state index in [1.54, 1.807) is 0 Å². The molecule has 3 rings (SSSR count). The molecule has 0 saturated carbocycles. The predicted octanol–water partition coefficient (Wildman–Crippen LogP) is 7.00. The summed E-state index contributed by atoms with van der Waals surface area (Å²) in [5, 5.41) is 18.7. The number of hydrogen-bond donors (Lipinski definition) is 0. The maximum Gasteiger partial charge on any atom is 0.0640 e. The van der Waals surface area contributed by atoms with Gasteiger partial charge < -0.3 is 9.80 Å². The van der Waals surface area contributed by atoms with Gasteiger partial charge in [0.05, 0.1) is 25.0 Å². The number of nitrogens with zero attached hydrogens (tertiary/aromatic N) is 4. The van der Waals surface area contributed by atoms with Crippen LogP contribution in [0.5, 0.6) is 0 Å². The summed E-state index contributed by atoms with van der Waals surface area (Å²) in [6.07, 6.45) is 1.01. The minimum absolute atomic E-state index is 0.000157. The Bertz CT molecular complexity index is 1060. The molecule has 0 aliphatic heterocycles. The van der Waals surface area contributed by atoms with Crippen LogP contribution < -0.4 is 9.80 Å². The van der Waals surface area contributed by atoms with Crippen molar-refractivity contribution in [1.29, 1.82) is 10.5 Å². The molecule has 0 aromatic heterocycles. The SMILES string of the molecule is CCN(CCC#N)c1ccc(C(c2ccc(N(CC)CCC#N)cc2)c2ccccc2Cl)cc1. The highest BCUT2D eigenvalue weighted by Crippen LogP contribution is 2.37. The van der Waals surface area contributed by atoms with Gasteiger partial charge in [0, 0.05) is 48.5 Å². The summed E-state index contributed by atoms with van der Waals surface area (Å²) in [5.74, 6) is 0.000157. The van der Waals surface area contributed by atoms with Crippen LogP contribution in [0.15, 0.2) is 72.8 Å². The number of rotatable bonds is 11. The molecule has 5 heteroatoms. The second kappa shape index (κ2) is 12.7. The van der Waals surface area contributed by atoms with Gasteiger partial charge in [-0.25, -0.2) is 0 Å². The van der Waals surface area contributed by atoms with Crippen LogP contribution in [0.1, 0.15) is 49.3 Å². The first kappa shape index (κ1) is 25.2. The number of halogens is 1. The summed E-state index contributed by atoms with van der Waals surface area (Å²) >= 11 is 6.66. The quantitative estimate of drug-likeness (QED) is 0.283. The van der Waals surface area contributed by atoms with E-state index in [1.807, 2.05) is 18.2 Å². The number of nitriles is 2. The first-order chi connectivity index (χ1) is 16.6. The summed E-state index contributed by atoms with van der Waals surface area (Å²) in [6, 6.07) is 29.7. The van der Waals surface area contributed by atoms with E-state index < -0.39 is 0 Å². The molecule has 3 aromatic carbocycles. The molecule has 0 atom stereocenters. The van der Waals surface area contributed by atoms with Crippen molar-refractivity contribution in [1.82, 2.24) is 0 Å². The number of anilines is 2. The van der Waals surface area contributed by atoms with E-state index in [2.05, 4.69) is 90.4 Å². The Labute approximate surface area is 208 Å². The van der Waals surface area contributed by atoms with E-state index in [0.717, 1.165) is 59.3 Å². The molecule has 4 nitrogen and oxygen atoms in total. The lowest BCUT2D eigenvalue weighted by Gasteiger charge is -2.25. The van der Waals surface area contributed by atoms with Crippen molar-refractivity contribution in [3.05, 3.63) is 94.5 Å². The highest BCUT2D eigenvalue weighted by Gasteiger charge is 2.20. The molecule has 34 heavy (non-hydrogen) atoms. The lowest BCUT2D eigenvalue weighted by Crippen LogP contribution is -2.23. The van der Waals surface area contributed by atoms with Crippen molar-refractivity contribution in [3.63, 3.8) is 0 Å². The van der Waals surface area contributed by atoms with Crippen molar-refractivity contribution < 1.29 is 0 Å². The zero-order chi connectivity index (χ0) is 24.3. The predicted molar refractivity (Wildman–Crippen MR) is 142 cm³/mol. The summed E-state index contributed by atoms with van der Waals surface area (Å²) in [5.41, 5.74) is 5.63. The van der Waals surface area contributed by atoms with E-state index in [9.17, 15) is 0 Å². The molecule has 0 aliphatic carbocycles. The Morgan fingerprint density at radius 1 is 0.706 bits per heavy atom. The van der Waals surface area contributed by atoms with Gasteiger partial charge in [0.25, 0.3) is 0 Å². The first-order valence-electron chi connectivity index (χ1n) is 11.8. The Balaban J connectivity index is 1.97. The Kier molecular flexibility index (Phi) is 9.39. The Hall–Kier alpha value is -3.47. The van der Waals surface area contributed by atoms with Crippen LogP contribution in [0.3, 0.4) is 0 Å². The van der Waals surface area contributed by atoms with Crippen LogP contribution in [0, 0.1) is 22.7 Å². The normalized spacial score (nSPS) is 10.5. The van der Waals surface area contributed by atoms with Crippen LogP contribution in [0.4, 0.5) is 11.4 Å². The molecule has 0 heterocycles. The molecule has 0 fully saturated rings. The molecule has 0 saturated heterocycles. The molecule has 0 spiro atoms. The third-order valence-electron chi connectivity index (χ3n) is 6.15. The van der Waals surface area contributed by atoms with E-state index >= 15 is 0 Å². The average Bonchev–Trinajstić information content (AvgIpc) is 2.88. The Morgan fingerprint density at radius 3 is 1.53 bits per heavy atom. The second-order valence-electron chi connectivity index (χ2n) is 8.11. The van der Waals surface area contributed by atoms with E-state index in [0.29, 0.717) is 12.8 Å². The molecule has 0 N–H and O–H groups in total. The van der Waals surface area contributed by atoms with Crippen molar-refractivity contribution in [2.75, 3.05) is 36.0 Å². The van der Waals surface area contributed by atoms with Gasteiger partial charge in [0.15, 0.2) is 0 Å². The molecule has 0 unspecified atom stereocenters. The summed E-state index contributed by atoms with van der Waals surface area (Å²) in [4.78, 5) is 4.43. The van der Waals surface area contributed by atoms with Crippen LogP contribution >= 0.6 is 11.6 Å². The molecule has 174 valence electrons. The maximum absolute atomic E-state index is 8.96. The van der Waals surface area contributed by atoms with Gasteiger partial charge in [-0.3, -0.25) is 0 Å². The average molecular weight is 471 g/mol. The van der Waals surface area contributed by atoms with E-state index in [1.165, 1.54) is 0 Å². The molecular weight excluding hydrogens is 440 g/mol. The van der Waals surface area contributed by atoms with Crippen LogP contribution in [0.25, 0.3) is 0 Å². The Morgan fingerprint density at radius 2 is 1.15 bits per heavy atom. The highest BCUT2D eigenvalue weighted by atomic mass is 35.5. The minimum atomic E-state index is 0.000157. The van der Waals surface area contributed by atoms with E-state index in [-0.39, 0.29) is 5.92 Å². The molecule has 0 radical (unpaired) electrons. The molecule has 0 bridgehead atoms. The molecule has 3 aromatic rings. The fourth-order valence-electron chi connectivity index (χ4n) is 4.33. The fraction of sp³-hybridized carbons (Fsp3) is 0.310. The van der Waals surface area contributed by atoms with Crippen molar-refractivity contribution >= 4 is 23.0 Å². The van der Waals surface area contributed by atoms with Gasteiger partial charge in [-0.2, -0.15) is 10.5 Å². The topological polar surface area (TPSA) is 54.1 Å². The lowest BCUT2D eigenvalue weighted by molar-refractivity contribution is 0.825. The maximum atomic E-state index is 8.96. The van der Waals surface area contributed by atoms with Gasteiger partial charge in [-0.15, -0.1) is 0 Å². The summed E-state index contributed by atoms with van der Waals surface area (Å²) < 4.78 is 0. The van der Waals surface area contributed by atoms with Crippen molar-refractivity contribution in [2.24, 2.45) is 0 Å². The summed E-state index contributed by atoms with van der Waals surface area (Å²) in [7, 11) is 0. The monoisotopic (exact) mass is 470 g/mol. The molecular formula is C29H31ClN4.